The third-order valence-corrected chi connectivity index (χ3v) is 3.50. The van der Waals surface area contributed by atoms with Crippen LogP contribution in [0.2, 0.25) is 0 Å². The molecule has 0 aromatic heterocycles. The molecule has 0 fully saturated rings. The van der Waals surface area contributed by atoms with Crippen molar-refractivity contribution in [2.24, 2.45) is 0 Å². The smallest absolute Gasteiger partial charge is 0.347 e. The maximum Gasteiger partial charge on any atom is 0.347 e. The van der Waals surface area contributed by atoms with Crippen LogP contribution in [0.15, 0.2) is 42.5 Å². The number of carbonyl (C=O) groups excluding carboxylic acids is 3. The molecule has 156 valence electrons. The summed E-state index contributed by atoms with van der Waals surface area (Å²) >= 11 is 0. The van der Waals surface area contributed by atoms with Crippen molar-refractivity contribution < 1.29 is 41.3 Å². The van der Waals surface area contributed by atoms with E-state index in [4.69, 9.17) is 19.3 Å². The highest BCUT2D eigenvalue weighted by atomic mass is 16.6. The first-order valence-electron chi connectivity index (χ1n) is 8.86. The molecule has 8 nitrogen and oxygen atoms in total. The van der Waals surface area contributed by atoms with Crippen molar-refractivity contribution in [1.82, 2.24) is 0 Å². The number of aliphatic carboxylic acids is 1. The Morgan fingerprint density at radius 2 is 1.75 bits per heavy atom. The molecule has 1 unspecified atom stereocenters. The Morgan fingerprint density at radius 3 is 2.43 bits per heavy atom. The first-order chi connectivity index (χ1) is 13.4. The molecule has 0 aliphatic rings. The number of esters is 3. The molecule has 0 amide bonds. The Labute approximate surface area is 166 Å². The first-order valence-corrected chi connectivity index (χ1v) is 8.86. The molecule has 8 heteroatoms. The second kappa shape index (κ2) is 13.1. The number of ether oxygens (including phenoxy) is 3. The van der Waals surface area contributed by atoms with E-state index in [0.29, 0.717) is 25.3 Å². The van der Waals surface area contributed by atoms with Gasteiger partial charge in [0.25, 0.3) is 0 Å². The number of rotatable bonds is 12. The lowest BCUT2D eigenvalue weighted by Gasteiger charge is -2.13. The Bertz CT molecular complexity index is 691. The molecule has 0 saturated carbocycles. The topological polar surface area (TPSA) is 116 Å². The maximum absolute atomic E-state index is 11.8. The molecule has 0 spiro atoms. The van der Waals surface area contributed by atoms with Crippen LogP contribution in [0.1, 0.15) is 41.0 Å². The molecule has 1 rings (SSSR count). The fourth-order valence-corrected chi connectivity index (χ4v) is 2.06. The van der Waals surface area contributed by atoms with E-state index >= 15 is 0 Å². The lowest BCUT2D eigenvalue weighted by molar-refractivity contribution is -0.167. The monoisotopic (exact) mass is 396 g/mol. The van der Waals surface area contributed by atoms with Crippen LogP contribution in [0.5, 0.6) is 0 Å². The summed E-state index contributed by atoms with van der Waals surface area (Å²) in [4.78, 5) is 44.9. The molecule has 0 saturated heterocycles. The van der Waals surface area contributed by atoms with E-state index in [1.54, 1.807) is 0 Å². The zero-order valence-electron chi connectivity index (χ0n) is 15.7. The molecule has 0 aliphatic carbocycles. The number of benzene rings is 1. The fraction of sp³-hybridized carbons (Fsp3) is 0.400. The van der Waals surface area contributed by atoms with E-state index in [2.05, 4.69) is 0 Å². The van der Waals surface area contributed by atoms with Crippen molar-refractivity contribution in [1.29, 1.82) is 0 Å². The highest BCUT2D eigenvalue weighted by Crippen LogP contribution is 2.07. The summed E-state index contributed by atoms with van der Waals surface area (Å²) in [5.41, 5.74) is 0.841. The third kappa shape index (κ3) is 10.7. The number of carboxylic acids is 1. The minimum Gasteiger partial charge on any atom is -0.478 e. The van der Waals surface area contributed by atoms with E-state index in [1.807, 2.05) is 30.3 Å². The van der Waals surface area contributed by atoms with Gasteiger partial charge in [-0.3, -0.25) is 4.79 Å². The molecule has 0 bridgehead atoms. The van der Waals surface area contributed by atoms with Crippen molar-refractivity contribution in [2.75, 3.05) is 6.61 Å². The zero-order chi connectivity index (χ0) is 20.8. The molecule has 28 heavy (non-hydrogen) atoms. The van der Waals surface area contributed by atoms with Gasteiger partial charge in [-0.05, 0) is 31.7 Å². The van der Waals surface area contributed by atoms with E-state index in [0.717, 1.165) is 11.6 Å². The number of hydrogen-bond donors (Lipinski definition) is 1. The zero-order valence-corrected chi connectivity index (χ0v) is 15.7. The van der Waals surface area contributed by atoms with Gasteiger partial charge in [0.1, 0.15) is 6.61 Å². The molecule has 0 radical (unpaired) electrons. The molecule has 1 atom stereocenters. The first kappa shape index (κ1) is 22.9. The van der Waals surface area contributed by atoms with E-state index in [1.165, 1.54) is 6.92 Å². The summed E-state index contributed by atoms with van der Waals surface area (Å²) in [6.45, 7) is 1.69. The van der Waals surface area contributed by atoms with Gasteiger partial charge in [0.2, 0.25) is 0 Å². The van der Waals surface area contributed by atoms with Gasteiger partial charge in [0.15, 0.2) is 6.10 Å². The predicted molar refractivity (Wildman–Crippen MR) is 102 cm³/mol. The summed E-state index contributed by atoms with van der Waals surface area (Å²) in [7, 11) is 0. The minimum atomic E-state index is -1.23. The predicted octanol–water partition coefficient (Wildman–Crippen LogP) is 2.90. The quantitative estimate of drug-likeness (QED) is 0.248. The lowest BCUT2D eigenvalue weighted by Crippen LogP contribution is -2.26. The highest BCUT2D eigenvalue weighted by molar-refractivity contribution is 5.90. The molecule has 1 aromatic rings. The van der Waals surface area contributed by atoms with Crippen molar-refractivity contribution in [2.45, 2.75) is 45.3 Å². The van der Waals surface area contributed by atoms with Gasteiger partial charge >= 0.3 is 23.9 Å². The van der Waals surface area contributed by atoms with Crippen molar-refractivity contribution in [3.8, 4) is 0 Å². The Balaban J connectivity index is 0. The number of unbranched alkanes of at least 4 members (excludes halogenated alkanes) is 2. The SMILES string of the molecule is CC(OC(=O)CCCCCOC(=O)C=CC(=O)O)C(=O)OCc1ccccc1.[HH].[HH]. The minimum absolute atomic E-state index is 0. The van der Waals surface area contributed by atoms with Crippen LogP contribution in [-0.2, 0) is 40.0 Å². The average Bonchev–Trinajstić information content (AvgIpc) is 2.67. The van der Waals surface area contributed by atoms with Crippen LogP contribution in [0.3, 0.4) is 0 Å². The Hall–Kier alpha value is -3.16. The molecule has 0 heterocycles. The van der Waals surface area contributed by atoms with Crippen LogP contribution >= 0.6 is 0 Å². The van der Waals surface area contributed by atoms with Crippen LogP contribution in [0.25, 0.3) is 0 Å². The van der Waals surface area contributed by atoms with E-state index < -0.39 is 30.0 Å². The summed E-state index contributed by atoms with van der Waals surface area (Å²) in [6.07, 6.45) is 2.31. The van der Waals surface area contributed by atoms with Crippen LogP contribution in [0, 0.1) is 0 Å². The van der Waals surface area contributed by atoms with Gasteiger partial charge in [-0.2, -0.15) is 0 Å². The standard InChI is InChI=1S/C20H24O8.2H2/c1-15(20(25)27-14-16-8-4-2-5-9-16)28-19(24)10-6-3-7-13-26-18(23)12-11-17(21)22;;/h2,4-5,8-9,11-12,15H,3,6-7,10,13-14H2,1H3,(H,21,22);2*1H. The number of carboxylic acid groups (broad SMARTS) is 1. The number of hydrogen-bond acceptors (Lipinski definition) is 7. The van der Waals surface area contributed by atoms with Crippen molar-refractivity contribution in [3.05, 3.63) is 48.0 Å². The summed E-state index contributed by atoms with van der Waals surface area (Å²) in [5.74, 6) is -3.08. The normalized spacial score (nSPS) is 11.6. The number of carbonyl (C=O) groups is 4. The van der Waals surface area contributed by atoms with Gasteiger partial charge in [0, 0.05) is 21.4 Å². The molecular formula is C20H28O8. The molecule has 0 aliphatic heterocycles. The second-order valence-electron chi connectivity index (χ2n) is 5.88. The van der Waals surface area contributed by atoms with Crippen LogP contribution in [-0.4, -0.2) is 41.7 Å². The average molecular weight is 396 g/mol. The van der Waals surface area contributed by atoms with Crippen LogP contribution < -0.4 is 0 Å². The Morgan fingerprint density at radius 1 is 1.04 bits per heavy atom. The summed E-state index contributed by atoms with van der Waals surface area (Å²) in [5, 5.41) is 8.37. The van der Waals surface area contributed by atoms with Gasteiger partial charge in [-0.25, -0.2) is 14.4 Å². The summed E-state index contributed by atoms with van der Waals surface area (Å²) < 4.78 is 14.9. The molecule has 1 N–H and O–H groups in total. The lowest BCUT2D eigenvalue weighted by atomic mass is 10.2. The van der Waals surface area contributed by atoms with Gasteiger partial charge in [0.05, 0.1) is 6.61 Å². The van der Waals surface area contributed by atoms with Gasteiger partial charge < -0.3 is 19.3 Å². The second-order valence-corrected chi connectivity index (χ2v) is 5.88. The van der Waals surface area contributed by atoms with Gasteiger partial charge in [-0.15, -0.1) is 0 Å². The fourth-order valence-electron chi connectivity index (χ4n) is 2.06. The largest absolute Gasteiger partial charge is 0.478 e. The molecular weight excluding hydrogens is 368 g/mol. The maximum atomic E-state index is 11.8. The third-order valence-electron chi connectivity index (χ3n) is 3.50. The molecule has 1 aromatic carbocycles. The van der Waals surface area contributed by atoms with Crippen LogP contribution in [0.4, 0.5) is 0 Å². The summed E-state index contributed by atoms with van der Waals surface area (Å²) in [6, 6.07) is 9.17. The van der Waals surface area contributed by atoms with Crippen molar-refractivity contribution in [3.63, 3.8) is 0 Å². The Kier molecular flexibility index (Phi) is 10.7. The van der Waals surface area contributed by atoms with Gasteiger partial charge in [-0.1, -0.05) is 30.3 Å². The highest BCUT2D eigenvalue weighted by Gasteiger charge is 2.19. The van der Waals surface area contributed by atoms with Crippen molar-refractivity contribution >= 4 is 23.9 Å². The van der Waals surface area contributed by atoms with E-state index in [-0.39, 0.29) is 22.5 Å². The van der Waals surface area contributed by atoms with E-state index in [9.17, 15) is 19.2 Å².